The molecule has 0 aliphatic heterocycles. The highest BCUT2D eigenvalue weighted by atomic mass is 79.9. The monoisotopic (exact) mass is 352 g/mol. The van der Waals surface area contributed by atoms with Gasteiger partial charge >= 0.3 is 0 Å². The van der Waals surface area contributed by atoms with Gasteiger partial charge in [-0.1, -0.05) is 6.07 Å². The number of benzene rings is 2. The lowest BCUT2D eigenvalue weighted by atomic mass is 10.1. The number of hydrogen-bond donors (Lipinski definition) is 2. The van der Waals surface area contributed by atoms with Gasteiger partial charge in [0.1, 0.15) is 11.6 Å². The molecule has 2 rings (SSSR count). The Balaban J connectivity index is 2.11. The molecule has 0 saturated heterocycles. The van der Waals surface area contributed by atoms with Gasteiger partial charge in [0.2, 0.25) is 5.91 Å². The van der Waals surface area contributed by atoms with E-state index in [2.05, 4.69) is 21.2 Å². The number of carbonyl (C=O) groups excluding carboxylic acids is 1. The van der Waals surface area contributed by atoms with Gasteiger partial charge in [-0.15, -0.1) is 0 Å². The molecule has 21 heavy (non-hydrogen) atoms. The van der Waals surface area contributed by atoms with E-state index in [1.807, 2.05) is 12.1 Å². The van der Waals surface area contributed by atoms with Gasteiger partial charge in [0.05, 0.1) is 11.6 Å². The number of hydrogen-bond acceptors (Lipinski definition) is 3. The zero-order valence-electron chi connectivity index (χ0n) is 11.3. The van der Waals surface area contributed by atoms with Crippen molar-refractivity contribution in [1.82, 2.24) is 0 Å². The van der Waals surface area contributed by atoms with E-state index in [1.54, 1.807) is 19.2 Å². The van der Waals surface area contributed by atoms with Crippen LogP contribution >= 0.6 is 15.9 Å². The Hall–Kier alpha value is -2.08. The van der Waals surface area contributed by atoms with Gasteiger partial charge in [-0.3, -0.25) is 4.79 Å². The molecule has 2 aromatic rings. The third-order valence-electron chi connectivity index (χ3n) is 2.97. The van der Waals surface area contributed by atoms with Crippen LogP contribution in [-0.4, -0.2) is 13.0 Å². The fraction of sp³-hybridized carbons (Fsp3) is 0.133. The van der Waals surface area contributed by atoms with Crippen LogP contribution in [0.3, 0.4) is 0 Å². The Labute approximate surface area is 130 Å². The van der Waals surface area contributed by atoms with Crippen molar-refractivity contribution in [3.8, 4) is 5.75 Å². The normalized spacial score (nSPS) is 10.2. The van der Waals surface area contributed by atoms with Crippen LogP contribution in [0.1, 0.15) is 15.9 Å². The summed E-state index contributed by atoms with van der Waals surface area (Å²) in [5, 5.41) is 3.10. The van der Waals surface area contributed by atoms with Crippen LogP contribution in [0.4, 0.5) is 10.1 Å². The average Bonchev–Trinajstić information content (AvgIpc) is 2.47. The Morgan fingerprint density at radius 1 is 1.33 bits per heavy atom. The van der Waals surface area contributed by atoms with Crippen LogP contribution < -0.4 is 15.8 Å². The van der Waals surface area contributed by atoms with Gasteiger partial charge in [0.15, 0.2) is 0 Å². The number of ether oxygens (including phenoxy) is 1. The quantitative estimate of drug-likeness (QED) is 0.867. The molecule has 0 fully saturated rings. The highest BCUT2D eigenvalue weighted by Crippen LogP contribution is 2.28. The Bertz CT molecular complexity index is 677. The van der Waals surface area contributed by atoms with Crippen LogP contribution in [0.5, 0.6) is 5.75 Å². The van der Waals surface area contributed by atoms with Crippen molar-refractivity contribution in [2.45, 2.75) is 6.54 Å². The maximum atomic E-state index is 13.8. The highest BCUT2D eigenvalue weighted by molar-refractivity contribution is 9.10. The molecule has 0 atom stereocenters. The van der Waals surface area contributed by atoms with Crippen molar-refractivity contribution in [3.63, 3.8) is 0 Å². The summed E-state index contributed by atoms with van der Waals surface area (Å²) < 4.78 is 19.9. The second kappa shape index (κ2) is 6.58. The average molecular weight is 353 g/mol. The highest BCUT2D eigenvalue weighted by Gasteiger charge is 2.07. The maximum absolute atomic E-state index is 13.8. The van der Waals surface area contributed by atoms with E-state index in [0.717, 1.165) is 16.2 Å². The van der Waals surface area contributed by atoms with Gasteiger partial charge < -0.3 is 15.8 Å². The summed E-state index contributed by atoms with van der Waals surface area (Å²) in [6.45, 7) is 0.287. The summed E-state index contributed by atoms with van der Waals surface area (Å²) in [7, 11) is 1.58. The number of methoxy groups -OCH3 is 1. The van der Waals surface area contributed by atoms with Crippen molar-refractivity contribution < 1.29 is 13.9 Å². The van der Waals surface area contributed by atoms with Crippen LogP contribution in [0.25, 0.3) is 0 Å². The number of primary amides is 1. The second-order valence-corrected chi connectivity index (χ2v) is 5.23. The molecule has 3 N–H and O–H groups in total. The van der Waals surface area contributed by atoms with E-state index >= 15 is 0 Å². The molecule has 0 bridgehead atoms. The first-order valence-electron chi connectivity index (χ1n) is 6.17. The number of amides is 1. The molecular weight excluding hydrogens is 339 g/mol. The standard InChI is InChI=1S/C15H14BrFN2O2/c1-21-14-7-11(4-5-12(14)16)19-8-10-3-2-9(15(18)20)6-13(10)17/h2-7,19H,8H2,1H3,(H2,18,20). The predicted octanol–water partition coefficient (Wildman–Crippen LogP) is 3.31. The molecule has 0 aliphatic carbocycles. The molecule has 0 heterocycles. The molecule has 1 amide bonds. The summed E-state index contributed by atoms with van der Waals surface area (Å²) in [5.74, 6) is -0.432. The third-order valence-corrected chi connectivity index (χ3v) is 3.63. The lowest BCUT2D eigenvalue weighted by Gasteiger charge is -2.10. The number of nitrogens with two attached hydrogens (primary N) is 1. The van der Waals surface area contributed by atoms with E-state index in [-0.39, 0.29) is 12.1 Å². The van der Waals surface area contributed by atoms with Crippen molar-refractivity contribution >= 4 is 27.5 Å². The fourth-order valence-electron chi connectivity index (χ4n) is 1.81. The molecule has 110 valence electrons. The molecule has 0 aromatic heterocycles. The van der Waals surface area contributed by atoms with E-state index in [4.69, 9.17) is 10.5 Å². The van der Waals surface area contributed by atoms with Crippen LogP contribution in [0.2, 0.25) is 0 Å². The van der Waals surface area contributed by atoms with E-state index in [1.165, 1.54) is 6.07 Å². The number of halogens is 2. The Kier molecular flexibility index (Phi) is 4.80. The van der Waals surface area contributed by atoms with Gasteiger partial charge in [0.25, 0.3) is 0 Å². The topological polar surface area (TPSA) is 64.3 Å². The lowest BCUT2D eigenvalue weighted by molar-refractivity contribution is 0.1000. The molecule has 0 radical (unpaired) electrons. The maximum Gasteiger partial charge on any atom is 0.248 e. The number of anilines is 1. The minimum Gasteiger partial charge on any atom is -0.495 e. The van der Waals surface area contributed by atoms with Crippen LogP contribution in [0, 0.1) is 5.82 Å². The molecular formula is C15H14BrFN2O2. The zero-order chi connectivity index (χ0) is 15.4. The summed E-state index contributed by atoms with van der Waals surface area (Å²) in [5.41, 5.74) is 6.50. The van der Waals surface area contributed by atoms with Gasteiger partial charge in [0, 0.05) is 29.4 Å². The predicted molar refractivity (Wildman–Crippen MR) is 82.9 cm³/mol. The van der Waals surface area contributed by atoms with Gasteiger partial charge in [-0.2, -0.15) is 0 Å². The van der Waals surface area contributed by atoms with Crippen molar-refractivity contribution in [2.75, 3.05) is 12.4 Å². The first-order valence-corrected chi connectivity index (χ1v) is 6.96. The summed E-state index contributed by atoms with van der Waals surface area (Å²) in [6, 6.07) is 9.68. The molecule has 0 spiro atoms. The number of carbonyl (C=O) groups is 1. The fourth-order valence-corrected chi connectivity index (χ4v) is 2.22. The number of nitrogens with one attached hydrogen (secondary N) is 1. The molecule has 0 saturated carbocycles. The smallest absolute Gasteiger partial charge is 0.248 e. The van der Waals surface area contributed by atoms with Crippen molar-refractivity contribution in [1.29, 1.82) is 0 Å². The first kappa shape index (κ1) is 15.3. The first-order chi connectivity index (χ1) is 10.0. The van der Waals surface area contributed by atoms with E-state index in [0.29, 0.717) is 11.3 Å². The Morgan fingerprint density at radius 2 is 2.10 bits per heavy atom. The number of rotatable bonds is 5. The summed E-state index contributed by atoms with van der Waals surface area (Å²) in [4.78, 5) is 11.0. The minimum atomic E-state index is -0.647. The van der Waals surface area contributed by atoms with Crippen LogP contribution in [-0.2, 0) is 6.54 Å². The zero-order valence-corrected chi connectivity index (χ0v) is 12.9. The largest absolute Gasteiger partial charge is 0.495 e. The van der Waals surface area contributed by atoms with E-state index in [9.17, 15) is 9.18 Å². The SMILES string of the molecule is COc1cc(NCc2ccc(C(N)=O)cc2F)ccc1Br. The molecule has 2 aromatic carbocycles. The molecule has 0 aliphatic rings. The molecule has 0 unspecified atom stereocenters. The van der Waals surface area contributed by atoms with Crippen molar-refractivity contribution in [3.05, 3.63) is 57.8 Å². The Morgan fingerprint density at radius 3 is 2.71 bits per heavy atom. The molecule has 4 nitrogen and oxygen atoms in total. The second-order valence-electron chi connectivity index (χ2n) is 4.37. The third kappa shape index (κ3) is 3.72. The van der Waals surface area contributed by atoms with Crippen LogP contribution in [0.15, 0.2) is 40.9 Å². The summed E-state index contributed by atoms with van der Waals surface area (Å²) in [6.07, 6.45) is 0. The van der Waals surface area contributed by atoms with Crippen molar-refractivity contribution in [2.24, 2.45) is 5.73 Å². The summed E-state index contributed by atoms with van der Waals surface area (Å²) >= 11 is 3.36. The van der Waals surface area contributed by atoms with Gasteiger partial charge in [-0.25, -0.2) is 4.39 Å². The van der Waals surface area contributed by atoms with Gasteiger partial charge in [-0.05, 0) is 40.2 Å². The minimum absolute atomic E-state index is 0.154. The van der Waals surface area contributed by atoms with E-state index < -0.39 is 11.7 Å². The molecule has 6 heteroatoms. The lowest BCUT2D eigenvalue weighted by Crippen LogP contribution is -2.12.